The number of carboxylic acid groups (broad SMARTS) is 1. The third-order valence-corrected chi connectivity index (χ3v) is 4.58. The van der Waals surface area contributed by atoms with E-state index in [-0.39, 0.29) is 11.8 Å². The number of carbonyl (C=O) groups is 2. The van der Waals surface area contributed by atoms with Crippen LogP contribution in [0.4, 0.5) is 0 Å². The second-order valence-electron chi connectivity index (χ2n) is 5.68. The highest BCUT2D eigenvalue weighted by molar-refractivity contribution is 5.85. The van der Waals surface area contributed by atoms with Crippen molar-refractivity contribution in [3.8, 4) is 0 Å². The van der Waals surface area contributed by atoms with E-state index in [4.69, 9.17) is 0 Å². The Balaban J connectivity index is 2.00. The molecular formula is C14H23NO3. The van der Waals surface area contributed by atoms with Gasteiger partial charge in [-0.15, -0.1) is 0 Å². The van der Waals surface area contributed by atoms with Gasteiger partial charge >= 0.3 is 5.97 Å². The molecule has 0 aromatic rings. The van der Waals surface area contributed by atoms with Gasteiger partial charge in [-0.25, -0.2) is 0 Å². The van der Waals surface area contributed by atoms with Crippen molar-refractivity contribution in [3.63, 3.8) is 0 Å². The smallest absolute Gasteiger partial charge is 0.307 e. The number of likely N-dealkylation sites (tertiary alicyclic amines) is 1. The summed E-state index contributed by atoms with van der Waals surface area (Å²) in [5.74, 6) is -0.808. The number of carbonyl (C=O) groups excluding carboxylic acids is 1. The van der Waals surface area contributed by atoms with E-state index in [1.54, 1.807) is 0 Å². The largest absolute Gasteiger partial charge is 0.481 e. The molecule has 2 rings (SSSR count). The van der Waals surface area contributed by atoms with Gasteiger partial charge in [0.25, 0.3) is 0 Å². The fourth-order valence-corrected chi connectivity index (χ4v) is 3.32. The van der Waals surface area contributed by atoms with Gasteiger partial charge in [0.15, 0.2) is 0 Å². The van der Waals surface area contributed by atoms with E-state index < -0.39 is 11.9 Å². The number of nitrogens with zero attached hydrogens (tertiary/aromatic N) is 1. The molecule has 3 atom stereocenters. The Hall–Kier alpha value is -1.06. The minimum atomic E-state index is -0.792. The van der Waals surface area contributed by atoms with Crippen LogP contribution in [-0.4, -0.2) is 35.0 Å². The maximum Gasteiger partial charge on any atom is 0.307 e. The molecule has 1 saturated carbocycles. The Kier molecular flexibility index (Phi) is 4.25. The van der Waals surface area contributed by atoms with Crippen molar-refractivity contribution in [2.75, 3.05) is 13.1 Å². The molecule has 1 amide bonds. The third-order valence-electron chi connectivity index (χ3n) is 4.58. The van der Waals surface area contributed by atoms with Crippen molar-refractivity contribution in [3.05, 3.63) is 0 Å². The first-order valence-corrected chi connectivity index (χ1v) is 7.15. The molecule has 1 heterocycles. The van der Waals surface area contributed by atoms with Gasteiger partial charge in [-0.1, -0.05) is 26.2 Å². The number of rotatable bonds is 3. The molecular weight excluding hydrogens is 230 g/mol. The van der Waals surface area contributed by atoms with Crippen LogP contribution in [0.15, 0.2) is 0 Å². The lowest BCUT2D eigenvalue weighted by atomic mass is 9.78. The first-order chi connectivity index (χ1) is 8.63. The lowest BCUT2D eigenvalue weighted by Gasteiger charge is -2.31. The van der Waals surface area contributed by atoms with Crippen LogP contribution in [0.2, 0.25) is 0 Å². The van der Waals surface area contributed by atoms with Crippen molar-refractivity contribution in [1.82, 2.24) is 4.90 Å². The molecule has 0 radical (unpaired) electrons. The first kappa shape index (κ1) is 13.4. The minimum absolute atomic E-state index is 0.0954. The molecule has 0 bridgehead atoms. The molecule has 1 aliphatic heterocycles. The van der Waals surface area contributed by atoms with E-state index in [2.05, 4.69) is 6.92 Å². The zero-order chi connectivity index (χ0) is 13.1. The summed E-state index contributed by atoms with van der Waals surface area (Å²) in [5.41, 5.74) is 0. The predicted molar refractivity (Wildman–Crippen MR) is 68.1 cm³/mol. The van der Waals surface area contributed by atoms with Crippen LogP contribution in [0, 0.1) is 17.8 Å². The molecule has 1 saturated heterocycles. The average Bonchev–Trinajstić information content (AvgIpc) is 2.86. The van der Waals surface area contributed by atoms with Crippen molar-refractivity contribution in [2.45, 2.75) is 45.4 Å². The summed E-state index contributed by atoms with van der Waals surface area (Å²) in [4.78, 5) is 25.6. The standard InChI is InChI=1S/C14H23NO3/c1-2-10-7-8-15(9-10)13(16)11-5-3-4-6-12(11)14(17)18/h10-12H,2-9H2,1H3,(H,17,18)/t10?,11-,12+/m1/s1. The lowest BCUT2D eigenvalue weighted by molar-refractivity contribution is -0.152. The molecule has 4 heteroatoms. The number of carboxylic acids is 1. The second-order valence-corrected chi connectivity index (χ2v) is 5.68. The predicted octanol–water partition coefficient (Wildman–Crippen LogP) is 2.14. The van der Waals surface area contributed by atoms with Crippen LogP contribution in [0.1, 0.15) is 45.4 Å². The van der Waals surface area contributed by atoms with Crippen LogP contribution in [0.3, 0.4) is 0 Å². The summed E-state index contributed by atoms with van der Waals surface area (Å²) in [6, 6.07) is 0. The van der Waals surface area contributed by atoms with Gasteiger partial charge in [0.05, 0.1) is 11.8 Å². The van der Waals surface area contributed by atoms with E-state index in [0.717, 1.165) is 45.2 Å². The van der Waals surface area contributed by atoms with Gasteiger partial charge in [0, 0.05) is 13.1 Å². The molecule has 4 nitrogen and oxygen atoms in total. The molecule has 0 spiro atoms. The zero-order valence-corrected chi connectivity index (χ0v) is 11.1. The molecule has 1 aliphatic carbocycles. The molecule has 1 unspecified atom stereocenters. The fraction of sp³-hybridized carbons (Fsp3) is 0.857. The maximum absolute atomic E-state index is 12.4. The summed E-state index contributed by atoms with van der Waals surface area (Å²) in [5, 5.41) is 9.23. The molecule has 2 fully saturated rings. The third kappa shape index (κ3) is 2.68. The van der Waals surface area contributed by atoms with Gasteiger partial charge in [0.2, 0.25) is 5.91 Å². The van der Waals surface area contributed by atoms with Crippen LogP contribution >= 0.6 is 0 Å². The average molecular weight is 253 g/mol. The van der Waals surface area contributed by atoms with Gasteiger partial charge in [-0.2, -0.15) is 0 Å². The quantitative estimate of drug-likeness (QED) is 0.838. The van der Waals surface area contributed by atoms with Crippen LogP contribution in [0.5, 0.6) is 0 Å². The fourth-order valence-electron chi connectivity index (χ4n) is 3.32. The highest BCUT2D eigenvalue weighted by atomic mass is 16.4. The summed E-state index contributed by atoms with van der Waals surface area (Å²) in [6.07, 6.45) is 5.53. The Morgan fingerprint density at radius 1 is 1.17 bits per heavy atom. The Labute approximate surface area is 108 Å². The normalized spacial score (nSPS) is 32.5. The number of hydrogen-bond acceptors (Lipinski definition) is 2. The molecule has 2 aliphatic rings. The van der Waals surface area contributed by atoms with E-state index in [1.165, 1.54) is 0 Å². The molecule has 18 heavy (non-hydrogen) atoms. The molecule has 1 N–H and O–H groups in total. The minimum Gasteiger partial charge on any atom is -0.481 e. The first-order valence-electron chi connectivity index (χ1n) is 7.15. The summed E-state index contributed by atoms with van der Waals surface area (Å²) >= 11 is 0. The number of amides is 1. The topological polar surface area (TPSA) is 57.6 Å². The van der Waals surface area contributed by atoms with Crippen molar-refractivity contribution in [1.29, 1.82) is 0 Å². The van der Waals surface area contributed by atoms with E-state index >= 15 is 0 Å². The van der Waals surface area contributed by atoms with Crippen LogP contribution in [-0.2, 0) is 9.59 Å². The van der Waals surface area contributed by atoms with Crippen LogP contribution < -0.4 is 0 Å². The Morgan fingerprint density at radius 2 is 1.83 bits per heavy atom. The summed E-state index contributed by atoms with van der Waals surface area (Å²) in [7, 11) is 0. The summed E-state index contributed by atoms with van der Waals surface area (Å²) < 4.78 is 0. The van der Waals surface area contributed by atoms with E-state index in [1.807, 2.05) is 4.90 Å². The van der Waals surface area contributed by atoms with Crippen molar-refractivity contribution < 1.29 is 14.7 Å². The monoisotopic (exact) mass is 253 g/mol. The van der Waals surface area contributed by atoms with Gasteiger partial charge < -0.3 is 10.0 Å². The maximum atomic E-state index is 12.4. The van der Waals surface area contributed by atoms with Gasteiger partial charge in [-0.3, -0.25) is 9.59 Å². The van der Waals surface area contributed by atoms with Gasteiger partial charge in [-0.05, 0) is 25.2 Å². The second kappa shape index (κ2) is 5.72. The van der Waals surface area contributed by atoms with Gasteiger partial charge in [0.1, 0.15) is 0 Å². The lowest BCUT2D eigenvalue weighted by Crippen LogP contribution is -2.41. The highest BCUT2D eigenvalue weighted by Crippen LogP contribution is 2.33. The van der Waals surface area contributed by atoms with Crippen molar-refractivity contribution in [2.24, 2.45) is 17.8 Å². The van der Waals surface area contributed by atoms with Crippen LogP contribution in [0.25, 0.3) is 0 Å². The Bertz CT molecular complexity index is 329. The molecule has 102 valence electrons. The summed E-state index contributed by atoms with van der Waals surface area (Å²) in [6.45, 7) is 3.80. The highest BCUT2D eigenvalue weighted by Gasteiger charge is 2.39. The molecule has 0 aromatic carbocycles. The molecule has 0 aromatic heterocycles. The number of hydrogen-bond donors (Lipinski definition) is 1. The van der Waals surface area contributed by atoms with E-state index in [9.17, 15) is 14.7 Å². The Morgan fingerprint density at radius 3 is 2.39 bits per heavy atom. The number of aliphatic carboxylic acids is 1. The van der Waals surface area contributed by atoms with Crippen molar-refractivity contribution >= 4 is 11.9 Å². The zero-order valence-electron chi connectivity index (χ0n) is 11.1. The van der Waals surface area contributed by atoms with E-state index in [0.29, 0.717) is 12.3 Å². The SMILES string of the molecule is CCC1CCN(C(=O)[C@@H]2CCCC[C@@H]2C(=O)O)C1.